The molecule has 0 unspecified atom stereocenters. The van der Waals surface area contributed by atoms with Crippen molar-refractivity contribution in [3.8, 4) is 5.75 Å². The smallest absolute Gasteiger partial charge is 0.137 e. The van der Waals surface area contributed by atoms with Crippen molar-refractivity contribution >= 4 is 0 Å². The largest absolute Gasteiger partial charge is 0.492 e. The molecule has 0 radical (unpaired) electrons. The Kier molecular flexibility index (Phi) is 5.06. The standard InChI is InChI=1S/C17H24N4O/c1-2-14-6-3-4-8-16(14)22-11-10-21-9-5-7-15(12-21)17-18-13-19-20-17/h3-4,6,8,13,15H,2,5,7,9-12H2,1H3,(H,18,19,20)/t15-/m1/s1. The summed E-state index contributed by atoms with van der Waals surface area (Å²) in [5, 5.41) is 6.97. The zero-order valence-corrected chi connectivity index (χ0v) is 13.2. The van der Waals surface area contributed by atoms with Crippen molar-refractivity contribution in [2.75, 3.05) is 26.2 Å². The molecule has 1 N–H and O–H groups in total. The van der Waals surface area contributed by atoms with Crippen molar-refractivity contribution in [3.63, 3.8) is 0 Å². The molecule has 2 aromatic rings. The molecule has 0 spiro atoms. The van der Waals surface area contributed by atoms with Crippen LogP contribution in [0.5, 0.6) is 5.75 Å². The summed E-state index contributed by atoms with van der Waals surface area (Å²) in [4.78, 5) is 6.76. The second kappa shape index (κ2) is 7.40. The average molecular weight is 300 g/mol. The maximum absolute atomic E-state index is 5.98. The van der Waals surface area contributed by atoms with Crippen molar-refractivity contribution < 1.29 is 4.74 Å². The Morgan fingerprint density at radius 3 is 3.09 bits per heavy atom. The van der Waals surface area contributed by atoms with Gasteiger partial charge in [-0.05, 0) is 37.4 Å². The SMILES string of the molecule is CCc1ccccc1OCCN1CCC[C@@H](c2ncn[nH]2)C1. The summed E-state index contributed by atoms with van der Waals surface area (Å²) in [6.45, 7) is 6.04. The van der Waals surface area contributed by atoms with Gasteiger partial charge in [0.25, 0.3) is 0 Å². The molecule has 0 amide bonds. The second-order valence-electron chi connectivity index (χ2n) is 5.82. The van der Waals surface area contributed by atoms with Crippen molar-refractivity contribution in [3.05, 3.63) is 42.0 Å². The van der Waals surface area contributed by atoms with Crippen LogP contribution < -0.4 is 4.74 Å². The number of aromatic nitrogens is 3. The summed E-state index contributed by atoms with van der Waals surface area (Å²) in [5.41, 5.74) is 1.28. The summed E-state index contributed by atoms with van der Waals surface area (Å²) in [7, 11) is 0. The van der Waals surface area contributed by atoms with Crippen molar-refractivity contribution in [2.24, 2.45) is 0 Å². The van der Waals surface area contributed by atoms with Gasteiger partial charge in [-0.1, -0.05) is 25.1 Å². The number of piperidine rings is 1. The fourth-order valence-electron chi connectivity index (χ4n) is 3.11. The third-order valence-electron chi connectivity index (χ3n) is 4.34. The van der Waals surface area contributed by atoms with Crippen LogP contribution in [0.2, 0.25) is 0 Å². The minimum atomic E-state index is 0.471. The highest BCUT2D eigenvalue weighted by Gasteiger charge is 2.23. The number of aromatic amines is 1. The Bertz CT molecular complexity index is 570. The van der Waals surface area contributed by atoms with Crippen LogP contribution in [0.3, 0.4) is 0 Å². The molecule has 0 aliphatic carbocycles. The lowest BCUT2D eigenvalue weighted by Gasteiger charge is -2.31. The van der Waals surface area contributed by atoms with E-state index in [-0.39, 0.29) is 0 Å². The molecule has 3 rings (SSSR count). The van der Waals surface area contributed by atoms with E-state index in [9.17, 15) is 0 Å². The molecule has 1 fully saturated rings. The van der Waals surface area contributed by atoms with Crippen molar-refractivity contribution in [1.29, 1.82) is 0 Å². The van der Waals surface area contributed by atoms with E-state index in [1.165, 1.54) is 18.4 Å². The van der Waals surface area contributed by atoms with Gasteiger partial charge in [0.15, 0.2) is 0 Å². The summed E-state index contributed by atoms with van der Waals surface area (Å²) < 4.78 is 5.98. The zero-order valence-electron chi connectivity index (χ0n) is 13.2. The van der Waals surface area contributed by atoms with Gasteiger partial charge >= 0.3 is 0 Å². The average Bonchev–Trinajstić information content (AvgIpc) is 3.10. The lowest BCUT2D eigenvalue weighted by Crippen LogP contribution is -2.37. The molecule has 22 heavy (non-hydrogen) atoms. The number of nitrogens with zero attached hydrogens (tertiary/aromatic N) is 3. The minimum absolute atomic E-state index is 0.471. The van der Waals surface area contributed by atoms with Crippen LogP contribution in [0.25, 0.3) is 0 Å². The Morgan fingerprint density at radius 1 is 1.36 bits per heavy atom. The number of H-pyrrole nitrogens is 1. The highest BCUT2D eigenvalue weighted by atomic mass is 16.5. The first-order valence-electron chi connectivity index (χ1n) is 8.15. The van der Waals surface area contributed by atoms with Crippen molar-refractivity contribution in [1.82, 2.24) is 20.1 Å². The van der Waals surface area contributed by atoms with Crippen LogP contribution >= 0.6 is 0 Å². The van der Waals surface area contributed by atoms with E-state index in [1.807, 2.05) is 6.07 Å². The molecule has 0 bridgehead atoms. The van der Waals surface area contributed by atoms with Gasteiger partial charge in [0.05, 0.1) is 0 Å². The molecule has 2 heterocycles. The Labute approximate surface area is 131 Å². The first kappa shape index (κ1) is 15.0. The maximum Gasteiger partial charge on any atom is 0.137 e. The predicted octanol–water partition coefficient (Wildman–Crippen LogP) is 2.63. The fourth-order valence-corrected chi connectivity index (χ4v) is 3.11. The van der Waals surface area contributed by atoms with E-state index in [0.29, 0.717) is 5.92 Å². The molecule has 1 atom stereocenters. The van der Waals surface area contributed by atoms with Crippen LogP contribution in [-0.2, 0) is 6.42 Å². The van der Waals surface area contributed by atoms with Gasteiger partial charge in [0.2, 0.25) is 0 Å². The number of hydrogen-bond acceptors (Lipinski definition) is 4. The molecule has 0 saturated carbocycles. The van der Waals surface area contributed by atoms with E-state index in [0.717, 1.165) is 44.2 Å². The number of aryl methyl sites for hydroxylation is 1. The highest BCUT2D eigenvalue weighted by Crippen LogP contribution is 2.24. The zero-order chi connectivity index (χ0) is 15.2. The topological polar surface area (TPSA) is 54.0 Å². The number of ether oxygens (including phenoxy) is 1. The Hall–Kier alpha value is -1.88. The molecule has 5 nitrogen and oxygen atoms in total. The molecular formula is C17H24N4O. The fraction of sp³-hybridized carbons (Fsp3) is 0.529. The molecule has 1 aliphatic heterocycles. The third kappa shape index (κ3) is 3.65. The number of likely N-dealkylation sites (tertiary alicyclic amines) is 1. The Morgan fingerprint density at radius 2 is 2.27 bits per heavy atom. The van der Waals surface area contributed by atoms with Gasteiger partial charge in [-0.3, -0.25) is 10.00 Å². The normalized spacial score (nSPS) is 19.2. The van der Waals surface area contributed by atoms with E-state index < -0.39 is 0 Å². The molecular weight excluding hydrogens is 276 g/mol. The first-order valence-corrected chi connectivity index (χ1v) is 8.15. The minimum Gasteiger partial charge on any atom is -0.492 e. The first-order chi connectivity index (χ1) is 10.9. The van der Waals surface area contributed by atoms with E-state index in [2.05, 4.69) is 45.2 Å². The lowest BCUT2D eigenvalue weighted by atomic mass is 9.97. The van der Waals surface area contributed by atoms with Crippen LogP contribution in [0.1, 0.15) is 37.1 Å². The number of benzene rings is 1. The van der Waals surface area contributed by atoms with Gasteiger partial charge in [-0.25, -0.2) is 4.98 Å². The molecule has 1 aliphatic rings. The molecule has 5 heteroatoms. The quantitative estimate of drug-likeness (QED) is 0.891. The maximum atomic E-state index is 5.98. The van der Waals surface area contributed by atoms with Crippen LogP contribution in [0.15, 0.2) is 30.6 Å². The summed E-state index contributed by atoms with van der Waals surface area (Å²) >= 11 is 0. The molecule has 118 valence electrons. The highest BCUT2D eigenvalue weighted by molar-refractivity contribution is 5.33. The summed E-state index contributed by atoms with van der Waals surface area (Å²) in [5.74, 6) is 2.51. The van der Waals surface area contributed by atoms with Crippen LogP contribution in [-0.4, -0.2) is 46.3 Å². The lowest BCUT2D eigenvalue weighted by molar-refractivity contribution is 0.167. The van der Waals surface area contributed by atoms with Gasteiger partial charge < -0.3 is 4.74 Å². The second-order valence-corrected chi connectivity index (χ2v) is 5.82. The third-order valence-corrected chi connectivity index (χ3v) is 4.34. The number of para-hydroxylation sites is 1. The van der Waals surface area contributed by atoms with Gasteiger partial charge in [-0.2, -0.15) is 5.10 Å². The van der Waals surface area contributed by atoms with Gasteiger partial charge in [-0.15, -0.1) is 0 Å². The van der Waals surface area contributed by atoms with Crippen molar-refractivity contribution in [2.45, 2.75) is 32.1 Å². The van der Waals surface area contributed by atoms with Gasteiger partial charge in [0.1, 0.15) is 24.5 Å². The predicted molar refractivity (Wildman–Crippen MR) is 86.1 cm³/mol. The van der Waals surface area contributed by atoms with Crippen LogP contribution in [0.4, 0.5) is 0 Å². The number of hydrogen-bond donors (Lipinski definition) is 1. The van der Waals surface area contributed by atoms with Crippen LogP contribution in [0, 0.1) is 0 Å². The molecule has 1 aromatic heterocycles. The molecule has 1 aromatic carbocycles. The summed E-state index contributed by atoms with van der Waals surface area (Å²) in [6, 6.07) is 8.30. The monoisotopic (exact) mass is 300 g/mol. The number of rotatable bonds is 6. The number of nitrogens with one attached hydrogen (secondary N) is 1. The molecule has 1 saturated heterocycles. The summed E-state index contributed by atoms with van der Waals surface area (Å²) in [6.07, 6.45) is 4.99. The van der Waals surface area contributed by atoms with Gasteiger partial charge in [0, 0.05) is 19.0 Å². The van der Waals surface area contributed by atoms with E-state index >= 15 is 0 Å². The van der Waals surface area contributed by atoms with E-state index in [4.69, 9.17) is 4.74 Å². The Balaban J connectivity index is 1.49. The van der Waals surface area contributed by atoms with E-state index in [1.54, 1.807) is 6.33 Å².